The van der Waals surface area contributed by atoms with Crippen molar-refractivity contribution >= 4 is 19.7 Å². The third-order valence-electron chi connectivity index (χ3n) is 9.04. The number of amides is 1. The first-order chi connectivity index (χ1) is 23.8. The van der Waals surface area contributed by atoms with Gasteiger partial charge in [0.25, 0.3) is 0 Å². The third kappa shape index (κ3) is 38.1. The third-order valence-corrected chi connectivity index (χ3v) is 10.0. The Balaban J connectivity index is 3.56. The largest absolute Gasteiger partial charge is 0.472 e. The van der Waals surface area contributed by atoms with E-state index in [-0.39, 0.29) is 25.7 Å². The zero-order chi connectivity index (χ0) is 36.1. The van der Waals surface area contributed by atoms with Crippen molar-refractivity contribution in [1.29, 1.82) is 0 Å². The van der Waals surface area contributed by atoms with Crippen molar-refractivity contribution in [2.45, 2.75) is 213 Å². The summed E-state index contributed by atoms with van der Waals surface area (Å²) in [5.74, 6) is -0.507. The SMILES string of the molecule is CCCCCCCCCCCCCCCCCCCC(=O)OCC(O)COP(=O)(O)OCCNC(=O)CCCCCCCCCCCCC. The van der Waals surface area contributed by atoms with Gasteiger partial charge >= 0.3 is 13.8 Å². The minimum Gasteiger partial charge on any atom is -0.463 e. The number of hydrogen-bond donors (Lipinski definition) is 3. The average molecular weight is 720 g/mol. The van der Waals surface area contributed by atoms with Crippen molar-refractivity contribution in [2.24, 2.45) is 0 Å². The van der Waals surface area contributed by atoms with Crippen molar-refractivity contribution < 1.29 is 37.9 Å². The smallest absolute Gasteiger partial charge is 0.463 e. The van der Waals surface area contributed by atoms with Gasteiger partial charge in [-0.25, -0.2) is 4.57 Å². The number of nitrogens with one attached hydrogen (secondary N) is 1. The van der Waals surface area contributed by atoms with Gasteiger partial charge in [-0.05, 0) is 12.8 Å². The second-order valence-corrected chi connectivity index (χ2v) is 15.4. The van der Waals surface area contributed by atoms with Gasteiger partial charge in [0, 0.05) is 19.4 Å². The van der Waals surface area contributed by atoms with Crippen molar-refractivity contribution in [3.05, 3.63) is 0 Å². The van der Waals surface area contributed by atoms with E-state index in [2.05, 4.69) is 19.2 Å². The summed E-state index contributed by atoms with van der Waals surface area (Å²) in [6.45, 7) is 3.57. The van der Waals surface area contributed by atoms with Crippen LogP contribution in [0.25, 0.3) is 0 Å². The quantitative estimate of drug-likeness (QED) is 0.0325. The van der Waals surface area contributed by atoms with Gasteiger partial charge in [-0.1, -0.05) is 181 Å². The molecule has 0 bridgehead atoms. The maximum atomic E-state index is 12.0. The van der Waals surface area contributed by atoms with Crippen LogP contribution in [0.5, 0.6) is 0 Å². The predicted molar refractivity (Wildman–Crippen MR) is 202 cm³/mol. The second-order valence-electron chi connectivity index (χ2n) is 14.0. The maximum Gasteiger partial charge on any atom is 0.472 e. The highest BCUT2D eigenvalue weighted by Crippen LogP contribution is 2.42. The number of rotatable bonds is 39. The van der Waals surface area contributed by atoms with E-state index in [0.29, 0.717) is 12.8 Å². The van der Waals surface area contributed by atoms with Crippen molar-refractivity contribution in [3.8, 4) is 0 Å². The van der Waals surface area contributed by atoms with Crippen LogP contribution in [-0.4, -0.2) is 54.3 Å². The fourth-order valence-corrected chi connectivity index (χ4v) is 6.67. The zero-order valence-corrected chi connectivity index (χ0v) is 32.8. The number of carbonyl (C=O) groups is 2. The van der Waals surface area contributed by atoms with Crippen molar-refractivity contribution in [2.75, 3.05) is 26.4 Å². The molecule has 0 aromatic carbocycles. The van der Waals surface area contributed by atoms with Crippen LogP contribution in [-0.2, 0) is 27.9 Å². The molecule has 10 heteroatoms. The normalized spacial score (nSPS) is 13.3. The van der Waals surface area contributed by atoms with Gasteiger partial charge in [0.05, 0.1) is 13.2 Å². The molecule has 0 saturated heterocycles. The first-order valence-corrected chi connectivity index (χ1v) is 22.0. The van der Waals surface area contributed by atoms with E-state index in [1.165, 1.54) is 141 Å². The van der Waals surface area contributed by atoms with Gasteiger partial charge < -0.3 is 20.1 Å². The topological polar surface area (TPSA) is 131 Å². The number of ether oxygens (including phenoxy) is 1. The monoisotopic (exact) mass is 720 g/mol. The molecule has 9 nitrogen and oxygen atoms in total. The molecule has 0 aromatic heterocycles. The molecule has 0 fully saturated rings. The van der Waals surface area contributed by atoms with Gasteiger partial charge in [-0.2, -0.15) is 0 Å². The molecule has 0 saturated carbocycles. The summed E-state index contributed by atoms with van der Waals surface area (Å²) in [7, 11) is -4.40. The first-order valence-electron chi connectivity index (χ1n) is 20.5. The number of unbranched alkanes of at least 4 members (excludes halogenated alkanes) is 26. The molecule has 2 unspecified atom stereocenters. The van der Waals surface area contributed by atoms with Crippen LogP contribution in [0.2, 0.25) is 0 Å². The summed E-state index contributed by atoms with van der Waals surface area (Å²) in [6, 6.07) is 0. The van der Waals surface area contributed by atoms with Gasteiger partial charge in [0.2, 0.25) is 5.91 Å². The fraction of sp³-hybridized carbons (Fsp3) is 0.949. The van der Waals surface area contributed by atoms with E-state index in [9.17, 15) is 24.2 Å². The van der Waals surface area contributed by atoms with Crippen LogP contribution in [0.15, 0.2) is 0 Å². The highest BCUT2D eigenvalue weighted by molar-refractivity contribution is 7.47. The van der Waals surface area contributed by atoms with E-state index in [1.54, 1.807) is 0 Å². The Morgan fingerprint density at radius 1 is 0.551 bits per heavy atom. The number of phosphoric ester groups is 1. The van der Waals surface area contributed by atoms with Gasteiger partial charge in [0.1, 0.15) is 12.7 Å². The molecule has 0 rings (SSSR count). The lowest BCUT2D eigenvalue weighted by molar-refractivity contribution is -0.147. The molecule has 0 spiro atoms. The molecule has 0 aromatic rings. The minimum atomic E-state index is -4.40. The van der Waals surface area contributed by atoms with Gasteiger partial charge in [-0.15, -0.1) is 0 Å². The first kappa shape index (κ1) is 48.0. The summed E-state index contributed by atoms with van der Waals surface area (Å²) in [5.41, 5.74) is 0. The Hall–Kier alpha value is -0.990. The molecular weight excluding hydrogens is 641 g/mol. The molecule has 0 aliphatic rings. The summed E-state index contributed by atoms with van der Waals surface area (Å²) < 4.78 is 26.8. The van der Waals surface area contributed by atoms with E-state index in [0.717, 1.165) is 38.5 Å². The number of phosphoric acid groups is 1. The van der Waals surface area contributed by atoms with Crippen molar-refractivity contribution in [3.63, 3.8) is 0 Å². The van der Waals surface area contributed by atoms with Crippen LogP contribution in [0, 0.1) is 0 Å². The van der Waals surface area contributed by atoms with Crippen LogP contribution < -0.4 is 5.32 Å². The Morgan fingerprint density at radius 2 is 0.918 bits per heavy atom. The highest BCUT2D eigenvalue weighted by Gasteiger charge is 2.23. The van der Waals surface area contributed by atoms with E-state index < -0.39 is 26.5 Å². The van der Waals surface area contributed by atoms with Crippen LogP contribution in [0.3, 0.4) is 0 Å². The van der Waals surface area contributed by atoms with Gasteiger partial charge in [0.15, 0.2) is 0 Å². The number of hydrogen-bond acceptors (Lipinski definition) is 7. The maximum absolute atomic E-state index is 12.0. The summed E-state index contributed by atoms with van der Waals surface area (Å²) >= 11 is 0. The Morgan fingerprint density at radius 3 is 1.33 bits per heavy atom. The fourth-order valence-electron chi connectivity index (χ4n) is 5.91. The molecule has 1 amide bonds. The summed E-state index contributed by atoms with van der Waals surface area (Å²) in [5, 5.41) is 12.7. The lowest BCUT2D eigenvalue weighted by Gasteiger charge is -2.15. The Bertz CT molecular complexity index is 784. The number of aliphatic hydroxyl groups excluding tert-OH is 1. The average Bonchev–Trinajstić information content (AvgIpc) is 3.08. The van der Waals surface area contributed by atoms with Crippen LogP contribution in [0.1, 0.15) is 206 Å². The van der Waals surface area contributed by atoms with E-state index in [4.69, 9.17) is 13.8 Å². The van der Waals surface area contributed by atoms with E-state index in [1.807, 2.05) is 0 Å². The minimum absolute atomic E-state index is 0.0876. The summed E-state index contributed by atoms with van der Waals surface area (Å²) in [4.78, 5) is 33.8. The van der Waals surface area contributed by atoms with Gasteiger partial charge in [-0.3, -0.25) is 18.6 Å². The number of esters is 1. The molecule has 3 N–H and O–H groups in total. The lowest BCUT2D eigenvalue weighted by Crippen LogP contribution is -2.27. The molecular formula is C39H78NO8P. The van der Waals surface area contributed by atoms with Crippen LogP contribution >= 0.6 is 7.82 Å². The Labute approximate surface area is 301 Å². The Kier molecular flexibility index (Phi) is 36.0. The van der Waals surface area contributed by atoms with E-state index >= 15 is 0 Å². The van der Waals surface area contributed by atoms with Crippen molar-refractivity contribution in [1.82, 2.24) is 5.32 Å². The lowest BCUT2D eigenvalue weighted by atomic mass is 10.0. The molecule has 0 aliphatic carbocycles. The molecule has 49 heavy (non-hydrogen) atoms. The molecule has 2 atom stereocenters. The number of carbonyl (C=O) groups excluding carboxylic acids is 2. The highest BCUT2D eigenvalue weighted by atomic mass is 31.2. The predicted octanol–water partition coefficient (Wildman–Crippen LogP) is 10.9. The summed E-state index contributed by atoms with van der Waals surface area (Å²) in [6.07, 6.45) is 34.6. The molecule has 0 aliphatic heterocycles. The van der Waals surface area contributed by atoms with Crippen LogP contribution in [0.4, 0.5) is 0 Å². The number of aliphatic hydroxyl groups is 1. The second kappa shape index (κ2) is 36.8. The standard InChI is InChI=1S/C39H78NO8P/c1-3-5-7-9-11-13-15-16-17-18-19-20-22-24-26-28-30-32-39(43)46-35-37(41)36-48-49(44,45)47-34-33-40-38(42)31-29-27-25-23-21-14-12-10-8-6-4-2/h37,41H,3-36H2,1-2H3,(H,40,42)(H,44,45). The molecule has 0 heterocycles. The molecule has 292 valence electrons. The zero-order valence-electron chi connectivity index (χ0n) is 31.9. The molecule has 0 radical (unpaired) electrons.